The van der Waals surface area contributed by atoms with Crippen LogP contribution in [-0.2, 0) is 6.54 Å². The predicted molar refractivity (Wildman–Crippen MR) is 71.1 cm³/mol. The molecule has 2 heterocycles. The summed E-state index contributed by atoms with van der Waals surface area (Å²) in [4.78, 5) is 22.4. The van der Waals surface area contributed by atoms with Gasteiger partial charge in [0.25, 0.3) is 5.56 Å². The van der Waals surface area contributed by atoms with E-state index < -0.39 is 0 Å². The van der Waals surface area contributed by atoms with Crippen molar-refractivity contribution in [2.24, 2.45) is 0 Å². The second-order valence-corrected chi connectivity index (χ2v) is 4.29. The molecule has 0 amide bonds. The molecule has 0 aliphatic heterocycles. The third-order valence-electron chi connectivity index (χ3n) is 2.75. The van der Waals surface area contributed by atoms with Gasteiger partial charge in [0.2, 0.25) is 0 Å². The van der Waals surface area contributed by atoms with Crippen molar-refractivity contribution in [2.45, 2.75) is 6.54 Å². The first-order chi connectivity index (χ1) is 8.75. The summed E-state index contributed by atoms with van der Waals surface area (Å²) < 4.78 is 1.89. The van der Waals surface area contributed by atoms with Crippen LogP contribution in [0.25, 0.3) is 10.9 Å². The van der Waals surface area contributed by atoms with Crippen LogP contribution in [0.15, 0.2) is 41.5 Å². The highest BCUT2D eigenvalue weighted by Crippen LogP contribution is 2.06. The monoisotopic (exact) mass is 258 g/mol. The van der Waals surface area contributed by atoms with E-state index in [0.717, 1.165) is 5.52 Å². The van der Waals surface area contributed by atoms with Gasteiger partial charge in [-0.3, -0.25) is 9.36 Å². The Morgan fingerprint density at radius 3 is 2.94 bits per heavy atom. The van der Waals surface area contributed by atoms with Gasteiger partial charge in [-0.05, 0) is 24.4 Å². The lowest BCUT2D eigenvalue weighted by molar-refractivity contribution is 0.703. The van der Waals surface area contributed by atoms with Crippen molar-refractivity contribution in [3.8, 4) is 0 Å². The Morgan fingerprint density at radius 2 is 2.17 bits per heavy atom. The average molecular weight is 258 g/mol. The van der Waals surface area contributed by atoms with Gasteiger partial charge in [0, 0.05) is 12.4 Å². The summed E-state index contributed by atoms with van der Waals surface area (Å²) in [5, 5.41) is 0.623. The van der Waals surface area contributed by atoms with E-state index >= 15 is 0 Å². The molecule has 6 heteroatoms. The summed E-state index contributed by atoms with van der Waals surface area (Å²) in [6.45, 7) is 0.339. The summed E-state index contributed by atoms with van der Waals surface area (Å²) in [7, 11) is 0. The van der Waals surface area contributed by atoms with Gasteiger partial charge < -0.3 is 9.97 Å². The number of hydrogen-bond acceptors (Lipinski definition) is 3. The average Bonchev–Trinajstić information content (AvgIpc) is 2.87. The number of hydrogen-bond donors (Lipinski definition) is 2. The number of para-hydroxylation sites is 1. The van der Waals surface area contributed by atoms with E-state index in [2.05, 4.69) is 15.0 Å². The van der Waals surface area contributed by atoms with E-state index in [4.69, 9.17) is 12.2 Å². The molecule has 18 heavy (non-hydrogen) atoms. The first-order valence-electron chi connectivity index (χ1n) is 5.46. The summed E-state index contributed by atoms with van der Waals surface area (Å²) in [6, 6.07) is 7.31. The molecule has 3 rings (SSSR count). The lowest BCUT2D eigenvalue weighted by Gasteiger charge is -2.06. The zero-order chi connectivity index (χ0) is 12.5. The first-order valence-corrected chi connectivity index (χ1v) is 5.86. The molecule has 0 saturated carbocycles. The number of nitrogens with one attached hydrogen (secondary N) is 2. The number of H-pyrrole nitrogens is 2. The van der Waals surface area contributed by atoms with Gasteiger partial charge in [-0.15, -0.1) is 0 Å². The molecule has 0 radical (unpaired) electrons. The zero-order valence-electron chi connectivity index (χ0n) is 9.38. The molecule has 0 atom stereocenters. The third kappa shape index (κ3) is 1.76. The highest BCUT2D eigenvalue weighted by atomic mass is 32.1. The molecule has 0 aliphatic carbocycles. The second kappa shape index (κ2) is 4.23. The molecular formula is C12H10N4OS. The van der Waals surface area contributed by atoms with Gasteiger partial charge in [0.05, 0.1) is 17.4 Å². The molecule has 1 aromatic carbocycles. The number of aromatic nitrogens is 4. The van der Waals surface area contributed by atoms with Crippen LogP contribution in [0.2, 0.25) is 0 Å². The molecule has 2 N–H and O–H groups in total. The Kier molecular flexibility index (Phi) is 2.56. The van der Waals surface area contributed by atoms with E-state index in [-0.39, 0.29) is 5.56 Å². The Labute approximate surface area is 107 Å². The molecule has 0 saturated heterocycles. The zero-order valence-corrected chi connectivity index (χ0v) is 10.2. The van der Waals surface area contributed by atoms with Gasteiger partial charge in [-0.25, -0.2) is 4.98 Å². The molecule has 0 aliphatic rings. The molecule has 0 unspecified atom stereocenters. The maximum absolute atomic E-state index is 12.3. The molecule has 2 aromatic heterocycles. The van der Waals surface area contributed by atoms with Gasteiger partial charge in [0.15, 0.2) is 4.77 Å². The van der Waals surface area contributed by atoms with Gasteiger partial charge >= 0.3 is 0 Å². The maximum atomic E-state index is 12.3. The highest BCUT2D eigenvalue weighted by Gasteiger charge is 2.06. The minimum atomic E-state index is -0.106. The van der Waals surface area contributed by atoms with Crippen LogP contribution in [0.4, 0.5) is 0 Å². The summed E-state index contributed by atoms with van der Waals surface area (Å²) in [5.41, 5.74) is 0.647. The minimum Gasteiger partial charge on any atom is -0.347 e. The van der Waals surface area contributed by atoms with E-state index in [1.807, 2.05) is 18.2 Å². The van der Waals surface area contributed by atoms with Crippen LogP contribution in [0.5, 0.6) is 0 Å². The van der Waals surface area contributed by atoms with E-state index in [1.54, 1.807) is 18.5 Å². The van der Waals surface area contributed by atoms with E-state index in [1.165, 1.54) is 4.57 Å². The molecule has 0 fully saturated rings. The van der Waals surface area contributed by atoms with Gasteiger partial charge in [0.1, 0.15) is 5.82 Å². The fraction of sp³-hybridized carbons (Fsp3) is 0.0833. The van der Waals surface area contributed by atoms with E-state index in [0.29, 0.717) is 22.5 Å². The van der Waals surface area contributed by atoms with Crippen LogP contribution in [0.3, 0.4) is 0 Å². The standard InChI is InChI=1S/C12H10N4OS/c17-11-8-3-1-2-4-9(8)15-12(18)16(11)7-10-13-5-6-14-10/h1-6H,7H2,(H,13,14)(H,15,18). The van der Waals surface area contributed by atoms with Crippen LogP contribution in [-0.4, -0.2) is 19.5 Å². The smallest absolute Gasteiger partial charge is 0.262 e. The predicted octanol–water partition coefficient (Wildman–Crippen LogP) is 1.83. The number of rotatable bonds is 2. The fourth-order valence-electron chi connectivity index (χ4n) is 1.88. The molecular weight excluding hydrogens is 248 g/mol. The molecule has 5 nitrogen and oxygen atoms in total. The molecule has 0 spiro atoms. The normalized spacial score (nSPS) is 10.9. The lowest BCUT2D eigenvalue weighted by Crippen LogP contribution is -2.23. The van der Waals surface area contributed by atoms with Crippen LogP contribution in [0, 0.1) is 4.77 Å². The van der Waals surface area contributed by atoms with Crippen molar-refractivity contribution < 1.29 is 0 Å². The molecule has 90 valence electrons. The van der Waals surface area contributed by atoms with Crippen molar-refractivity contribution in [3.05, 3.63) is 57.6 Å². The van der Waals surface area contributed by atoms with E-state index in [9.17, 15) is 4.79 Å². The van der Waals surface area contributed by atoms with Crippen molar-refractivity contribution in [1.82, 2.24) is 19.5 Å². The number of benzene rings is 1. The largest absolute Gasteiger partial charge is 0.347 e. The van der Waals surface area contributed by atoms with Crippen molar-refractivity contribution >= 4 is 23.1 Å². The Balaban J connectivity index is 2.23. The summed E-state index contributed by atoms with van der Waals surface area (Å²) in [6.07, 6.45) is 3.36. The number of fused-ring (bicyclic) bond motifs is 1. The SMILES string of the molecule is O=c1c2ccccc2[nH]c(=S)n1Cc1ncc[nH]1. The van der Waals surface area contributed by atoms with Crippen molar-refractivity contribution in [3.63, 3.8) is 0 Å². The first kappa shape index (κ1) is 10.9. The van der Waals surface area contributed by atoms with Gasteiger partial charge in [-0.2, -0.15) is 0 Å². The number of imidazole rings is 1. The van der Waals surface area contributed by atoms with Gasteiger partial charge in [-0.1, -0.05) is 12.1 Å². The second-order valence-electron chi connectivity index (χ2n) is 3.90. The third-order valence-corrected chi connectivity index (χ3v) is 3.07. The van der Waals surface area contributed by atoms with Crippen LogP contribution in [0.1, 0.15) is 5.82 Å². The summed E-state index contributed by atoms with van der Waals surface area (Å²) in [5.74, 6) is 0.701. The fourth-order valence-corrected chi connectivity index (χ4v) is 2.13. The van der Waals surface area contributed by atoms with Crippen molar-refractivity contribution in [1.29, 1.82) is 0 Å². The Morgan fingerprint density at radius 1 is 1.33 bits per heavy atom. The quantitative estimate of drug-likeness (QED) is 0.689. The Bertz CT molecular complexity index is 801. The Hall–Kier alpha value is -2.21. The lowest BCUT2D eigenvalue weighted by atomic mass is 10.2. The highest BCUT2D eigenvalue weighted by molar-refractivity contribution is 7.71. The van der Waals surface area contributed by atoms with Crippen LogP contribution >= 0.6 is 12.2 Å². The molecule has 3 aromatic rings. The molecule has 0 bridgehead atoms. The number of nitrogens with zero attached hydrogens (tertiary/aromatic N) is 2. The number of aromatic amines is 2. The van der Waals surface area contributed by atoms with Crippen LogP contribution < -0.4 is 5.56 Å². The minimum absolute atomic E-state index is 0.106. The van der Waals surface area contributed by atoms with Crippen molar-refractivity contribution in [2.75, 3.05) is 0 Å². The summed E-state index contributed by atoms with van der Waals surface area (Å²) >= 11 is 5.21. The topological polar surface area (TPSA) is 66.5 Å². The maximum Gasteiger partial charge on any atom is 0.262 e.